The molecule has 0 heterocycles. The predicted molar refractivity (Wildman–Crippen MR) is 42.2 cm³/mol. The molecule has 1 rings (SSSR count). The molecule has 0 N–H and O–H groups in total. The molecule has 0 radical (unpaired) electrons. The van der Waals surface area contributed by atoms with Crippen molar-refractivity contribution in [3.63, 3.8) is 0 Å². The third-order valence-electron chi connectivity index (χ3n) is 1.30. The van der Waals surface area contributed by atoms with Gasteiger partial charge in [-0.2, -0.15) is 4.99 Å². The quantitative estimate of drug-likeness (QED) is 0.240. The zero-order valence-electron chi connectivity index (χ0n) is 7.30. The van der Waals surface area contributed by atoms with Crippen molar-refractivity contribution in [1.29, 1.82) is 0 Å². The second kappa shape index (κ2) is 5.41. The molecule has 0 aromatic heterocycles. The van der Waals surface area contributed by atoms with Crippen LogP contribution < -0.4 is 29.6 Å². The van der Waals surface area contributed by atoms with Gasteiger partial charge in [-0.15, -0.1) is 0 Å². The van der Waals surface area contributed by atoms with Crippen LogP contribution in [0.2, 0.25) is 0 Å². The Kier molecular flexibility index (Phi) is 5.22. The molecule has 0 aliphatic heterocycles. The van der Waals surface area contributed by atoms with Gasteiger partial charge in [0.25, 0.3) is 0 Å². The molecule has 0 aliphatic rings. The second-order valence-corrected chi connectivity index (χ2v) is 3.53. The van der Waals surface area contributed by atoms with E-state index in [1.165, 1.54) is 18.2 Å². The normalized spacial score (nSPS) is 9.79. The van der Waals surface area contributed by atoms with E-state index in [0.717, 1.165) is 12.1 Å². The smallest absolute Gasteiger partial charge is 0.744 e. The maximum atomic E-state index is 10.4. The molecule has 0 spiro atoms. The first-order valence-corrected chi connectivity index (χ1v) is 4.59. The molecule has 0 atom stereocenters. The maximum absolute atomic E-state index is 10.4. The van der Waals surface area contributed by atoms with E-state index in [9.17, 15) is 17.8 Å². The maximum Gasteiger partial charge on any atom is 1.00 e. The van der Waals surface area contributed by atoms with Gasteiger partial charge in [-0.25, -0.2) is 13.2 Å². The van der Waals surface area contributed by atoms with Crippen LogP contribution in [0.5, 0.6) is 0 Å². The van der Waals surface area contributed by atoms with Gasteiger partial charge in [0.05, 0.1) is 10.6 Å². The van der Waals surface area contributed by atoms with Crippen molar-refractivity contribution in [3.05, 3.63) is 24.3 Å². The van der Waals surface area contributed by atoms with Crippen LogP contribution in [0.25, 0.3) is 0 Å². The van der Waals surface area contributed by atoms with E-state index in [0.29, 0.717) is 0 Å². The fourth-order valence-electron chi connectivity index (χ4n) is 0.740. The fourth-order valence-corrected chi connectivity index (χ4v) is 1.21. The fraction of sp³-hybridized carbons (Fsp3) is 0. The Morgan fingerprint density at radius 1 is 1.21 bits per heavy atom. The second-order valence-electron chi connectivity index (χ2n) is 2.15. The number of benzene rings is 1. The van der Waals surface area contributed by atoms with Crippen molar-refractivity contribution in [3.8, 4) is 0 Å². The number of carbonyl (C=O) groups excluding carboxylic acids is 1. The van der Waals surface area contributed by atoms with Crippen molar-refractivity contribution in [2.75, 3.05) is 0 Å². The van der Waals surface area contributed by atoms with Crippen LogP contribution >= 0.6 is 0 Å². The largest absolute Gasteiger partial charge is 1.00 e. The van der Waals surface area contributed by atoms with Crippen LogP contribution in [0.15, 0.2) is 34.2 Å². The number of aliphatic imine (C=N–C) groups is 1. The van der Waals surface area contributed by atoms with Crippen molar-refractivity contribution < 1.29 is 47.3 Å². The van der Waals surface area contributed by atoms with Crippen LogP contribution in [0.1, 0.15) is 0 Å². The molecule has 0 bridgehead atoms. The Hall–Kier alpha value is -0.490. The Morgan fingerprint density at radius 3 is 2.07 bits per heavy atom. The zero-order valence-corrected chi connectivity index (χ0v) is 10.1. The average Bonchev–Trinajstić information content (AvgIpc) is 2.04. The molecule has 0 amide bonds. The minimum Gasteiger partial charge on any atom is -0.744 e. The van der Waals surface area contributed by atoms with Gasteiger partial charge in [-0.1, -0.05) is 0 Å². The average molecular weight is 221 g/mol. The summed E-state index contributed by atoms with van der Waals surface area (Å²) in [7, 11) is -4.42. The molecule has 0 saturated carbocycles. The van der Waals surface area contributed by atoms with Gasteiger partial charge in [0.2, 0.25) is 6.08 Å². The summed E-state index contributed by atoms with van der Waals surface area (Å²) < 4.78 is 31.3. The van der Waals surface area contributed by atoms with Crippen molar-refractivity contribution in [2.24, 2.45) is 4.99 Å². The van der Waals surface area contributed by atoms with E-state index in [1.807, 2.05) is 0 Å². The van der Waals surface area contributed by atoms with Crippen LogP contribution in [-0.4, -0.2) is 19.1 Å². The van der Waals surface area contributed by atoms with Gasteiger partial charge in [0, 0.05) is 0 Å². The number of hydrogen-bond donors (Lipinski definition) is 0. The topological polar surface area (TPSA) is 86.6 Å². The molecular formula is C7H4NNaO4S. The molecule has 1 aromatic carbocycles. The summed E-state index contributed by atoms with van der Waals surface area (Å²) in [6.07, 6.45) is 1.29. The van der Waals surface area contributed by atoms with Crippen LogP contribution in [-0.2, 0) is 14.9 Å². The van der Waals surface area contributed by atoms with E-state index in [4.69, 9.17) is 0 Å². The Labute approximate surface area is 103 Å². The van der Waals surface area contributed by atoms with Crippen LogP contribution in [0, 0.1) is 0 Å². The third-order valence-corrected chi connectivity index (χ3v) is 2.15. The van der Waals surface area contributed by atoms with Crippen molar-refractivity contribution in [2.45, 2.75) is 4.90 Å². The molecule has 0 fully saturated rings. The monoisotopic (exact) mass is 221 g/mol. The van der Waals surface area contributed by atoms with Gasteiger partial charge in [0.1, 0.15) is 10.1 Å². The summed E-state index contributed by atoms with van der Waals surface area (Å²) in [5.41, 5.74) is 0.252. The zero-order chi connectivity index (χ0) is 9.90. The van der Waals surface area contributed by atoms with Gasteiger partial charge in [-0.3, -0.25) is 0 Å². The molecule has 7 heteroatoms. The molecular weight excluding hydrogens is 217 g/mol. The van der Waals surface area contributed by atoms with E-state index in [1.54, 1.807) is 0 Å². The molecule has 14 heavy (non-hydrogen) atoms. The molecule has 0 unspecified atom stereocenters. The molecule has 5 nitrogen and oxygen atoms in total. The van der Waals surface area contributed by atoms with E-state index >= 15 is 0 Å². The van der Waals surface area contributed by atoms with Gasteiger partial charge < -0.3 is 4.55 Å². The standard InChI is InChI=1S/C7H5NO4S.Na/c9-5-8-6-1-3-7(4-2-6)13(10,11)12;/h1-4H,(H,10,11,12);/q;+1/p-1. The van der Waals surface area contributed by atoms with Gasteiger partial charge in [-0.05, 0) is 24.3 Å². The van der Waals surface area contributed by atoms with Gasteiger partial charge in [0.15, 0.2) is 0 Å². The first-order valence-electron chi connectivity index (χ1n) is 3.18. The van der Waals surface area contributed by atoms with Crippen molar-refractivity contribution >= 4 is 21.9 Å². The third kappa shape index (κ3) is 3.71. The summed E-state index contributed by atoms with van der Waals surface area (Å²) >= 11 is 0. The summed E-state index contributed by atoms with van der Waals surface area (Å²) in [5, 5.41) is 0. The van der Waals surface area contributed by atoms with E-state index < -0.39 is 10.1 Å². The summed E-state index contributed by atoms with van der Waals surface area (Å²) in [4.78, 5) is 12.7. The number of isocyanates is 1. The first-order chi connectivity index (χ1) is 6.04. The SMILES string of the molecule is O=C=Nc1ccc(S(=O)(=O)[O-])cc1.[Na+]. The Bertz CT molecular complexity index is 447. The molecule has 0 aliphatic carbocycles. The van der Waals surface area contributed by atoms with Crippen molar-refractivity contribution in [1.82, 2.24) is 0 Å². The minimum absolute atomic E-state index is 0. The van der Waals surface area contributed by atoms with E-state index in [2.05, 4.69) is 4.99 Å². The number of nitrogens with zero attached hydrogens (tertiary/aromatic N) is 1. The number of hydrogen-bond acceptors (Lipinski definition) is 5. The number of rotatable bonds is 2. The Morgan fingerprint density at radius 2 is 1.71 bits per heavy atom. The predicted octanol–water partition coefficient (Wildman–Crippen LogP) is -2.44. The summed E-state index contributed by atoms with van der Waals surface area (Å²) in [6, 6.07) is 4.66. The van der Waals surface area contributed by atoms with Crippen LogP contribution in [0.3, 0.4) is 0 Å². The summed E-state index contributed by atoms with van der Waals surface area (Å²) in [5.74, 6) is 0. The summed E-state index contributed by atoms with van der Waals surface area (Å²) in [6.45, 7) is 0. The van der Waals surface area contributed by atoms with E-state index in [-0.39, 0.29) is 40.1 Å². The first kappa shape index (κ1) is 13.5. The molecule has 0 saturated heterocycles. The Balaban J connectivity index is 0.00000169. The molecule has 1 aromatic rings. The minimum atomic E-state index is -4.42. The van der Waals surface area contributed by atoms with Crippen LogP contribution in [0.4, 0.5) is 5.69 Å². The molecule has 68 valence electrons. The van der Waals surface area contributed by atoms with Gasteiger partial charge >= 0.3 is 29.6 Å².